The van der Waals surface area contributed by atoms with Gasteiger partial charge in [0.2, 0.25) is 5.91 Å². The first-order chi connectivity index (χ1) is 11.9. The number of nitrogens with zero attached hydrogens (tertiary/aromatic N) is 1. The Kier molecular flexibility index (Phi) is 5.27. The van der Waals surface area contributed by atoms with Gasteiger partial charge in [0.1, 0.15) is 11.9 Å². The topological polar surface area (TPSA) is 55.6 Å². The minimum Gasteiger partial charge on any atom is -0.487 e. The van der Waals surface area contributed by atoms with E-state index in [9.17, 15) is 13.6 Å². The van der Waals surface area contributed by atoms with Gasteiger partial charge in [0, 0.05) is 37.5 Å². The molecule has 0 bridgehead atoms. The summed E-state index contributed by atoms with van der Waals surface area (Å²) < 4.78 is 32.3. The molecule has 1 amide bonds. The van der Waals surface area contributed by atoms with Crippen LogP contribution in [0.3, 0.4) is 0 Å². The van der Waals surface area contributed by atoms with Crippen LogP contribution < -0.4 is 10.5 Å². The van der Waals surface area contributed by atoms with Crippen molar-refractivity contribution in [1.29, 1.82) is 0 Å². The lowest BCUT2D eigenvalue weighted by atomic mass is 9.74. The Balaban J connectivity index is 1.55. The molecule has 1 aromatic rings. The third kappa shape index (κ3) is 4.11. The predicted octanol–water partition coefficient (Wildman–Crippen LogP) is 3.24. The second-order valence-corrected chi connectivity index (χ2v) is 7.52. The van der Waals surface area contributed by atoms with Gasteiger partial charge in [-0.3, -0.25) is 4.79 Å². The molecule has 2 aliphatic rings. The van der Waals surface area contributed by atoms with Gasteiger partial charge in [0.25, 0.3) is 0 Å². The van der Waals surface area contributed by atoms with Crippen molar-refractivity contribution in [3.8, 4) is 5.75 Å². The van der Waals surface area contributed by atoms with Crippen LogP contribution in [-0.2, 0) is 4.79 Å². The molecule has 25 heavy (non-hydrogen) atoms. The first-order valence-electron chi connectivity index (χ1n) is 9.06. The first kappa shape index (κ1) is 18.1. The zero-order valence-electron chi connectivity index (χ0n) is 14.6. The molecule has 2 fully saturated rings. The smallest absolute Gasteiger partial charge is 0.227 e. The van der Waals surface area contributed by atoms with Crippen molar-refractivity contribution in [2.45, 2.75) is 57.1 Å². The molecule has 2 unspecified atom stereocenters. The number of hydrogen-bond acceptors (Lipinski definition) is 3. The van der Waals surface area contributed by atoms with Crippen molar-refractivity contribution in [3.63, 3.8) is 0 Å². The normalized spacial score (nSPS) is 28.0. The molecule has 4 nitrogen and oxygen atoms in total. The number of carbonyl (C=O) groups is 1. The number of carbonyl (C=O) groups excluding carboxylic acids is 1. The van der Waals surface area contributed by atoms with Crippen LogP contribution in [0.15, 0.2) is 18.2 Å². The van der Waals surface area contributed by atoms with Crippen molar-refractivity contribution in [2.24, 2.45) is 11.7 Å². The van der Waals surface area contributed by atoms with Crippen molar-refractivity contribution in [1.82, 2.24) is 4.90 Å². The third-order valence-corrected chi connectivity index (χ3v) is 5.49. The van der Waals surface area contributed by atoms with E-state index in [1.165, 1.54) is 12.1 Å². The number of nitrogens with two attached hydrogens (primary N) is 1. The van der Waals surface area contributed by atoms with Crippen LogP contribution in [0.1, 0.15) is 45.4 Å². The molecule has 2 atom stereocenters. The van der Waals surface area contributed by atoms with Gasteiger partial charge in [0.05, 0.1) is 5.92 Å². The number of hydrogen-bond donors (Lipinski definition) is 1. The first-order valence-corrected chi connectivity index (χ1v) is 9.06. The SMILES string of the molecule is CC1(N)CCCCC1C(=O)N1CCC(Oc2ccc(F)cc2F)CC1. The summed E-state index contributed by atoms with van der Waals surface area (Å²) in [6, 6.07) is 3.31. The molecule has 3 rings (SSSR count). The predicted molar refractivity (Wildman–Crippen MR) is 91.1 cm³/mol. The molecule has 1 saturated carbocycles. The fourth-order valence-corrected chi connectivity index (χ4v) is 3.93. The van der Waals surface area contributed by atoms with Gasteiger partial charge in [-0.25, -0.2) is 8.78 Å². The fraction of sp³-hybridized carbons (Fsp3) is 0.632. The van der Waals surface area contributed by atoms with Gasteiger partial charge >= 0.3 is 0 Å². The van der Waals surface area contributed by atoms with E-state index in [1.54, 1.807) is 0 Å². The lowest BCUT2D eigenvalue weighted by Gasteiger charge is -2.41. The number of amides is 1. The van der Waals surface area contributed by atoms with Crippen molar-refractivity contribution < 1.29 is 18.3 Å². The standard InChI is InChI=1S/C19H26F2N2O2/c1-19(22)9-3-2-4-15(19)18(24)23-10-7-14(8-11-23)25-17-6-5-13(20)12-16(17)21/h5-6,12,14-15H,2-4,7-11,22H2,1H3. The van der Waals surface area contributed by atoms with E-state index in [0.717, 1.165) is 31.7 Å². The van der Waals surface area contributed by atoms with Gasteiger partial charge in [-0.15, -0.1) is 0 Å². The van der Waals surface area contributed by atoms with Gasteiger partial charge in [-0.2, -0.15) is 0 Å². The summed E-state index contributed by atoms with van der Waals surface area (Å²) in [4.78, 5) is 14.7. The van der Waals surface area contributed by atoms with Crippen LogP contribution in [0.25, 0.3) is 0 Å². The molecular weight excluding hydrogens is 326 g/mol. The number of ether oxygens (including phenoxy) is 1. The second kappa shape index (κ2) is 7.28. The van der Waals surface area contributed by atoms with E-state index >= 15 is 0 Å². The molecule has 1 saturated heterocycles. The summed E-state index contributed by atoms with van der Waals surface area (Å²) in [5.41, 5.74) is 5.91. The molecule has 1 aliphatic carbocycles. The monoisotopic (exact) mass is 352 g/mol. The Morgan fingerprint density at radius 2 is 1.96 bits per heavy atom. The number of likely N-dealkylation sites (tertiary alicyclic amines) is 1. The van der Waals surface area contributed by atoms with Crippen molar-refractivity contribution in [2.75, 3.05) is 13.1 Å². The van der Waals surface area contributed by atoms with E-state index in [4.69, 9.17) is 10.5 Å². The van der Waals surface area contributed by atoms with E-state index in [1.807, 2.05) is 11.8 Å². The largest absolute Gasteiger partial charge is 0.487 e. The molecular formula is C19H26F2N2O2. The summed E-state index contributed by atoms with van der Waals surface area (Å²) in [6.07, 6.45) is 4.96. The van der Waals surface area contributed by atoms with E-state index < -0.39 is 17.2 Å². The zero-order chi connectivity index (χ0) is 18.0. The van der Waals surface area contributed by atoms with Gasteiger partial charge < -0.3 is 15.4 Å². The number of piperidine rings is 1. The fourth-order valence-electron chi connectivity index (χ4n) is 3.93. The van der Waals surface area contributed by atoms with E-state index in [-0.39, 0.29) is 23.7 Å². The highest BCUT2D eigenvalue weighted by Gasteiger charge is 2.40. The van der Waals surface area contributed by atoms with Crippen LogP contribution in [0.5, 0.6) is 5.75 Å². The molecule has 6 heteroatoms. The highest BCUT2D eigenvalue weighted by molar-refractivity contribution is 5.80. The molecule has 1 heterocycles. The quantitative estimate of drug-likeness (QED) is 0.909. The maximum atomic E-state index is 13.7. The summed E-state index contributed by atoms with van der Waals surface area (Å²) in [5, 5.41) is 0. The number of halogens is 2. The average Bonchev–Trinajstić information content (AvgIpc) is 2.57. The molecule has 0 aromatic heterocycles. The zero-order valence-corrected chi connectivity index (χ0v) is 14.6. The Morgan fingerprint density at radius 1 is 1.24 bits per heavy atom. The van der Waals surface area contributed by atoms with Crippen LogP contribution in [0, 0.1) is 17.6 Å². The summed E-state index contributed by atoms with van der Waals surface area (Å²) in [6.45, 7) is 3.14. The molecule has 138 valence electrons. The van der Waals surface area contributed by atoms with E-state index in [2.05, 4.69) is 0 Å². The van der Waals surface area contributed by atoms with Crippen molar-refractivity contribution >= 4 is 5.91 Å². The van der Waals surface area contributed by atoms with Crippen LogP contribution in [-0.4, -0.2) is 35.5 Å². The van der Waals surface area contributed by atoms with E-state index in [0.29, 0.717) is 25.9 Å². The Bertz CT molecular complexity index is 628. The molecule has 2 N–H and O–H groups in total. The Morgan fingerprint density at radius 3 is 2.60 bits per heavy atom. The summed E-state index contributed by atoms with van der Waals surface area (Å²) >= 11 is 0. The average molecular weight is 352 g/mol. The Hall–Kier alpha value is -1.69. The molecule has 0 spiro atoms. The van der Waals surface area contributed by atoms with Crippen LogP contribution in [0.2, 0.25) is 0 Å². The van der Waals surface area contributed by atoms with Gasteiger partial charge in [-0.05, 0) is 31.9 Å². The van der Waals surface area contributed by atoms with Crippen LogP contribution in [0.4, 0.5) is 8.78 Å². The summed E-state index contributed by atoms with van der Waals surface area (Å²) in [7, 11) is 0. The Labute approximate surface area is 147 Å². The number of benzene rings is 1. The molecule has 0 radical (unpaired) electrons. The van der Waals surface area contributed by atoms with Gasteiger partial charge in [-0.1, -0.05) is 12.8 Å². The number of rotatable bonds is 3. The minimum atomic E-state index is -0.695. The second-order valence-electron chi connectivity index (χ2n) is 7.52. The minimum absolute atomic E-state index is 0.0630. The lowest BCUT2D eigenvalue weighted by Crippen LogP contribution is -2.55. The highest BCUT2D eigenvalue weighted by atomic mass is 19.1. The van der Waals surface area contributed by atoms with Gasteiger partial charge in [0.15, 0.2) is 11.6 Å². The van der Waals surface area contributed by atoms with Crippen molar-refractivity contribution in [3.05, 3.63) is 29.8 Å². The summed E-state index contributed by atoms with van der Waals surface area (Å²) in [5.74, 6) is -1.24. The molecule has 1 aromatic carbocycles. The maximum absolute atomic E-state index is 13.7. The maximum Gasteiger partial charge on any atom is 0.227 e. The van der Waals surface area contributed by atoms with Crippen LogP contribution >= 0.6 is 0 Å². The molecule has 1 aliphatic heterocycles. The lowest BCUT2D eigenvalue weighted by molar-refractivity contribution is -0.140. The highest BCUT2D eigenvalue weighted by Crippen LogP contribution is 2.33. The third-order valence-electron chi connectivity index (χ3n) is 5.49.